The number of nitrogens with zero attached hydrogens (tertiary/aromatic N) is 4. The molecule has 2 aromatic carbocycles. The first-order valence-electron chi connectivity index (χ1n) is 12.5. The number of amides is 2. The molecule has 1 heterocycles. The van der Waals surface area contributed by atoms with Crippen molar-refractivity contribution in [1.82, 2.24) is 4.90 Å². The molecule has 4 rings (SSSR count). The summed E-state index contributed by atoms with van der Waals surface area (Å²) in [6.07, 6.45) is -6.64. The van der Waals surface area contributed by atoms with E-state index >= 15 is 0 Å². The second kappa shape index (κ2) is 11.2. The number of halogens is 6. The molecule has 0 radical (unpaired) electrons. The van der Waals surface area contributed by atoms with Gasteiger partial charge in [-0.15, -0.1) is 5.06 Å². The maximum atomic E-state index is 13.7. The Morgan fingerprint density at radius 3 is 2.43 bits per heavy atom. The minimum atomic E-state index is -5.48. The van der Waals surface area contributed by atoms with Gasteiger partial charge in [-0.3, -0.25) is 14.5 Å². The van der Waals surface area contributed by atoms with Crippen LogP contribution in [0.4, 0.5) is 27.6 Å². The minimum Gasteiger partial charge on any atom is -0.369 e. The zero-order valence-electron chi connectivity index (χ0n) is 21.9. The summed E-state index contributed by atoms with van der Waals surface area (Å²) in [7, 11) is 0. The lowest BCUT2D eigenvalue weighted by Crippen LogP contribution is -2.55. The molecule has 0 bridgehead atoms. The van der Waals surface area contributed by atoms with Crippen LogP contribution < -0.4 is 10.8 Å². The molecule has 222 valence electrons. The number of guanidine groups is 1. The van der Waals surface area contributed by atoms with Crippen LogP contribution in [-0.2, 0) is 20.0 Å². The third-order valence-corrected chi connectivity index (χ3v) is 7.43. The van der Waals surface area contributed by atoms with E-state index < -0.39 is 60.0 Å². The standard InChI is InChI=1S/C27H23ClF5N5O4/c1-25(13-20(39)37(24(35)36-25)17-8-10-26(29,30)11-9-17)18-6-3-7-19(21(18)28)38(42-23(41)27(31,32)33)22(40)16-5-2-4-15(12-16)14-34/h2-7,12,17H,8-11,13H2,1H3,(H2,35,36)/t25-/m0/s1. The second-order valence-corrected chi connectivity index (χ2v) is 10.5. The van der Waals surface area contributed by atoms with Gasteiger partial charge in [-0.25, -0.2) is 18.6 Å². The fourth-order valence-electron chi connectivity index (χ4n) is 4.95. The number of carbonyl (C=O) groups is 3. The molecule has 1 saturated carbocycles. The van der Waals surface area contributed by atoms with E-state index in [4.69, 9.17) is 22.6 Å². The summed E-state index contributed by atoms with van der Waals surface area (Å²) in [5.41, 5.74) is 3.92. The zero-order valence-corrected chi connectivity index (χ0v) is 22.7. The molecule has 9 nitrogen and oxygen atoms in total. The fourth-order valence-corrected chi connectivity index (χ4v) is 5.36. The number of carbonyl (C=O) groups excluding carboxylic acids is 3. The zero-order chi connectivity index (χ0) is 31.0. The monoisotopic (exact) mass is 611 g/mol. The molecule has 15 heteroatoms. The molecule has 0 unspecified atom stereocenters. The molecular formula is C27H23ClF5N5O4. The Morgan fingerprint density at radius 1 is 1.19 bits per heavy atom. The van der Waals surface area contributed by atoms with Crippen molar-refractivity contribution in [3.63, 3.8) is 0 Å². The lowest BCUT2D eigenvalue weighted by atomic mass is 9.85. The number of hydrogen-bond acceptors (Lipinski definition) is 7. The van der Waals surface area contributed by atoms with Crippen molar-refractivity contribution in [2.75, 3.05) is 5.06 Å². The van der Waals surface area contributed by atoms with Crippen LogP contribution in [-0.4, -0.2) is 46.8 Å². The Bertz CT molecular complexity index is 1500. The van der Waals surface area contributed by atoms with Crippen molar-refractivity contribution < 1.29 is 41.2 Å². The highest BCUT2D eigenvalue weighted by molar-refractivity contribution is 6.35. The third-order valence-electron chi connectivity index (χ3n) is 7.03. The van der Waals surface area contributed by atoms with E-state index in [-0.39, 0.29) is 52.0 Å². The van der Waals surface area contributed by atoms with Crippen molar-refractivity contribution in [2.45, 2.75) is 62.7 Å². The van der Waals surface area contributed by atoms with Gasteiger partial charge in [0.25, 0.3) is 5.91 Å². The summed E-state index contributed by atoms with van der Waals surface area (Å²) in [6, 6.07) is 9.92. The van der Waals surface area contributed by atoms with Crippen molar-refractivity contribution in [1.29, 1.82) is 5.26 Å². The van der Waals surface area contributed by atoms with E-state index in [1.54, 1.807) is 6.07 Å². The number of rotatable bonds is 4. The van der Waals surface area contributed by atoms with Gasteiger partial charge in [-0.05, 0) is 44.0 Å². The van der Waals surface area contributed by atoms with Gasteiger partial charge in [0, 0.05) is 30.0 Å². The van der Waals surface area contributed by atoms with E-state index in [0.717, 1.165) is 17.0 Å². The molecule has 2 aromatic rings. The summed E-state index contributed by atoms with van der Waals surface area (Å²) in [4.78, 5) is 48.4. The molecule has 0 spiro atoms. The van der Waals surface area contributed by atoms with Crippen molar-refractivity contribution >= 4 is 41.0 Å². The number of aliphatic imine (C=N–C) groups is 1. The highest BCUT2D eigenvalue weighted by atomic mass is 35.5. The first kappa shape index (κ1) is 30.7. The maximum absolute atomic E-state index is 13.7. The molecule has 42 heavy (non-hydrogen) atoms. The number of anilines is 1. The van der Waals surface area contributed by atoms with Gasteiger partial charge in [-0.2, -0.15) is 18.4 Å². The van der Waals surface area contributed by atoms with Gasteiger partial charge in [0.2, 0.25) is 11.8 Å². The number of hydrogen-bond donors (Lipinski definition) is 1. The third kappa shape index (κ3) is 6.15. The largest absolute Gasteiger partial charge is 0.493 e. The molecular weight excluding hydrogens is 589 g/mol. The van der Waals surface area contributed by atoms with Crippen LogP contribution in [0.2, 0.25) is 5.02 Å². The summed E-state index contributed by atoms with van der Waals surface area (Å²) >= 11 is 6.59. The molecule has 2 amide bonds. The number of nitriles is 1. The van der Waals surface area contributed by atoms with Crippen molar-refractivity contribution in [3.05, 3.63) is 64.2 Å². The second-order valence-electron chi connectivity index (χ2n) is 10.1. The Hall–Kier alpha value is -4.25. The average Bonchev–Trinajstić information content (AvgIpc) is 2.91. The Balaban J connectivity index is 1.74. The van der Waals surface area contributed by atoms with Gasteiger partial charge in [0.15, 0.2) is 5.96 Å². The van der Waals surface area contributed by atoms with E-state index in [1.807, 2.05) is 0 Å². The quantitative estimate of drug-likeness (QED) is 0.373. The van der Waals surface area contributed by atoms with E-state index in [0.29, 0.717) is 0 Å². The molecule has 1 aliphatic heterocycles. The van der Waals surface area contributed by atoms with Crippen molar-refractivity contribution in [3.8, 4) is 6.07 Å². The van der Waals surface area contributed by atoms with Gasteiger partial charge < -0.3 is 10.6 Å². The molecule has 1 fully saturated rings. The predicted octanol–water partition coefficient (Wildman–Crippen LogP) is 5.22. The van der Waals surface area contributed by atoms with Gasteiger partial charge in [0.05, 0.1) is 28.6 Å². The highest BCUT2D eigenvalue weighted by Crippen LogP contribution is 2.43. The summed E-state index contributed by atoms with van der Waals surface area (Å²) in [6.45, 7) is 1.47. The lowest BCUT2D eigenvalue weighted by Gasteiger charge is -2.41. The highest BCUT2D eigenvalue weighted by Gasteiger charge is 2.46. The number of benzene rings is 2. The molecule has 0 aromatic heterocycles. The lowest BCUT2D eigenvalue weighted by molar-refractivity contribution is -0.199. The maximum Gasteiger partial charge on any atom is 0.493 e. The average molecular weight is 612 g/mol. The Morgan fingerprint density at radius 2 is 1.83 bits per heavy atom. The molecule has 1 aliphatic carbocycles. The van der Waals surface area contributed by atoms with Crippen LogP contribution in [0.15, 0.2) is 47.5 Å². The summed E-state index contributed by atoms with van der Waals surface area (Å²) < 4.78 is 66.8. The Labute approximate surface area is 241 Å². The first-order valence-corrected chi connectivity index (χ1v) is 12.9. The van der Waals surface area contributed by atoms with Gasteiger partial charge in [-0.1, -0.05) is 29.8 Å². The van der Waals surface area contributed by atoms with Crippen LogP contribution in [0.3, 0.4) is 0 Å². The van der Waals surface area contributed by atoms with Crippen LogP contribution in [0.1, 0.15) is 60.5 Å². The fraction of sp³-hybridized carbons (Fsp3) is 0.370. The molecule has 2 N–H and O–H groups in total. The van der Waals surface area contributed by atoms with Gasteiger partial charge >= 0.3 is 12.1 Å². The number of hydroxylamine groups is 1. The molecule has 0 saturated heterocycles. The van der Waals surface area contributed by atoms with E-state index in [9.17, 15) is 36.3 Å². The smallest absolute Gasteiger partial charge is 0.369 e. The van der Waals surface area contributed by atoms with Gasteiger partial charge in [0.1, 0.15) is 5.69 Å². The number of nitrogens with two attached hydrogens (primary N) is 1. The topological polar surface area (TPSA) is 129 Å². The Kier molecular flexibility index (Phi) is 8.19. The van der Waals surface area contributed by atoms with Crippen molar-refractivity contribution in [2.24, 2.45) is 10.7 Å². The SMILES string of the molecule is C[C@@]1(c2cccc(N(OC(=O)C(F)(F)F)C(=O)c3cccc(C#N)c3)c2Cl)CC(=O)N(C2CCC(F)(F)CC2)C(N)=N1. The minimum absolute atomic E-state index is 0.00655. The first-order chi connectivity index (χ1) is 19.6. The van der Waals surface area contributed by atoms with Crippen LogP contribution in [0.5, 0.6) is 0 Å². The summed E-state index contributed by atoms with van der Waals surface area (Å²) in [5, 5.41) is 8.82. The molecule has 1 atom stereocenters. The molecule has 2 aliphatic rings. The summed E-state index contributed by atoms with van der Waals surface area (Å²) in [5.74, 6) is -7.60. The predicted molar refractivity (Wildman–Crippen MR) is 139 cm³/mol. The normalized spacial score (nSPS) is 20.9. The number of alkyl halides is 5. The van der Waals surface area contributed by atoms with Crippen LogP contribution in [0.25, 0.3) is 0 Å². The van der Waals surface area contributed by atoms with E-state index in [2.05, 4.69) is 9.83 Å². The van der Waals surface area contributed by atoms with Crippen LogP contribution in [0, 0.1) is 11.3 Å². The van der Waals surface area contributed by atoms with E-state index in [1.165, 1.54) is 37.3 Å². The van der Waals surface area contributed by atoms with Crippen LogP contribution >= 0.6 is 11.6 Å².